The molecule has 0 aliphatic carbocycles. The third-order valence-electron chi connectivity index (χ3n) is 4.31. The van der Waals surface area contributed by atoms with Crippen molar-refractivity contribution in [3.05, 3.63) is 36.0 Å². The molecule has 1 aliphatic heterocycles. The van der Waals surface area contributed by atoms with Crippen LogP contribution in [0.15, 0.2) is 30.3 Å². The number of benzene rings is 1. The van der Waals surface area contributed by atoms with E-state index in [0.717, 1.165) is 37.1 Å². The van der Waals surface area contributed by atoms with Crippen LogP contribution in [0.1, 0.15) is 19.0 Å². The minimum absolute atomic E-state index is 0.240. The van der Waals surface area contributed by atoms with Crippen molar-refractivity contribution < 1.29 is 9.53 Å². The SMILES string of the molecule is CCCc1cc(N2CCN(C(=O)OC)CC2)c2ccccc2n1. The summed E-state index contributed by atoms with van der Waals surface area (Å²) in [5, 5.41) is 1.18. The van der Waals surface area contributed by atoms with Gasteiger partial charge in [-0.1, -0.05) is 31.5 Å². The third kappa shape index (κ3) is 3.23. The molecule has 23 heavy (non-hydrogen) atoms. The Morgan fingerprint density at radius 1 is 1.22 bits per heavy atom. The van der Waals surface area contributed by atoms with Gasteiger partial charge in [0.25, 0.3) is 0 Å². The second kappa shape index (κ2) is 6.86. The maximum Gasteiger partial charge on any atom is 0.409 e. The number of aromatic nitrogens is 1. The van der Waals surface area contributed by atoms with E-state index in [1.165, 1.54) is 18.2 Å². The van der Waals surface area contributed by atoms with Gasteiger partial charge in [0, 0.05) is 42.9 Å². The Morgan fingerprint density at radius 3 is 2.65 bits per heavy atom. The molecule has 122 valence electrons. The zero-order valence-corrected chi connectivity index (χ0v) is 13.8. The number of carbonyl (C=O) groups excluding carboxylic acids is 1. The first-order valence-corrected chi connectivity index (χ1v) is 8.19. The molecule has 1 aromatic carbocycles. The van der Waals surface area contributed by atoms with Crippen LogP contribution in [0.4, 0.5) is 10.5 Å². The number of anilines is 1. The van der Waals surface area contributed by atoms with Crippen LogP contribution in [-0.2, 0) is 11.2 Å². The molecule has 0 unspecified atom stereocenters. The molecule has 0 saturated carbocycles. The highest BCUT2D eigenvalue weighted by atomic mass is 16.5. The predicted octanol–water partition coefficient (Wildman–Crippen LogP) is 3.08. The Hall–Kier alpha value is -2.30. The molecule has 1 aromatic heterocycles. The van der Waals surface area contributed by atoms with Gasteiger partial charge in [-0.25, -0.2) is 4.79 Å². The van der Waals surface area contributed by atoms with E-state index in [0.29, 0.717) is 13.1 Å². The zero-order chi connectivity index (χ0) is 16.2. The first-order valence-electron chi connectivity index (χ1n) is 8.19. The minimum Gasteiger partial charge on any atom is -0.453 e. The number of carbonyl (C=O) groups is 1. The largest absolute Gasteiger partial charge is 0.453 e. The summed E-state index contributed by atoms with van der Waals surface area (Å²) in [6.45, 7) is 5.17. The molecule has 1 fully saturated rings. The van der Waals surface area contributed by atoms with E-state index in [-0.39, 0.29) is 6.09 Å². The van der Waals surface area contributed by atoms with Crippen molar-refractivity contribution in [1.82, 2.24) is 9.88 Å². The molecule has 2 heterocycles. The van der Waals surface area contributed by atoms with Crippen molar-refractivity contribution in [3.8, 4) is 0 Å². The van der Waals surface area contributed by atoms with E-state index in [2.05, 4.69) is 36.1 Å². The highest BCUT2D eigenvalue weighted by Gasteiger charge is 2.23. The van der Waals surface area contributed by atoms with E-state index in [9.17, 15) is 4.79 Å². The van der Waals surface area contributed by atoms with Crippen LogP contribution >= 0.6 is 0 Å². The standard InChI is InChI=1S/C18H23N3O2/c1-3-6-14-13-17(15-7-4-5-8-16(15)19-14)20-9-11-21(12-10-20)18(22)23-2/h4-5,7-8,13H,3,6,9-12H2,1-2H3. The van der Waals surface area contributed by atoms with Crippen LogP contribution in [0.5, 0.6) is 0 Å². The summed E-state index contributed by atoms with van der Waals surface area (Å²) in [6.07, 6.45) is 1.83. The van der Waals surface area contributed by atoms with Gasteiger partial charge in [-0.05, 0) is 18.6 Å². The Morgan fingerprint density at radius 2 is 1.96 bits per heavy atom. The van der Waals surface area contributed by atoms with Crippen LogP contribution in [0.3, 0.4) is 0 Å². The summed E-state index contributed by atoms with van der Waals surface area (Å²) in [5.74, 6) is 0. The van der Waals surface area contributed by atoms with Crippen molar-refractivity contribution in [1.29, 1.82) is 0 Å². The van der Waals surface area contributed by atoms with Crippen LogP contribution in [0, 0.1) is 0 Å². The fourth-order valence-corrected chi connectivity index (χ4v) is 3.12. The summed E-state index contributed by atoms with van der Waals surface area (Å²) < 4.78 is 4.81. The van der Waals surface area contributed by atoms with Gasteiger partial charge in [0.15, 0.2) is 0 Å². The normalized spacial score (nSPS) is 15.0. The van der Waals surface area contributed by atoms with Crippen molar-refractivity contribution >= 4 is 22.7 Å². The number of pyridine rings is 1. The number of para-hydroxylation sites is 1. The van der Waals surface area contributed by atoms with Crippen LogP contribution in [0.2, 0.25) is 0 Å². The zero-order valence-electron chi connectivity index (χ0n) is 13.8. The summed E-state index contributed by atoms with van der Waals surface area (Å²) in [4.78, 5) is 20.5. The van der Waals surface area contributed by atoms with E-state index in [1.54, 1.807) is 4.90 Å². The van der Waals surface area contributed by atoms with Crippen molar-refractivity contribution in [3.63, 3.8) is 0 Å². The molecule has 5 nitrogen and oxygen atoms in total. The summed E-state index contributed by atoms with van der Waals surface area (Å²) in [5.41, 5.74) is 3.41. The van der Waals surface area contributed by atoms with E-state index < -0.39 is 0 Å². The molecule has 1 amide bonds. The number of hydrogen-bond donors (Lipinski definition) is 0. The highest BCUT2D eigenvalue weighted by Crippen LogP contribution is 2.28. The van der Waals surface area contributed by atoms with Crippen molar-refractivity contribution in [2.75, 3.05) is 38.2 Å². The fourth-order valence-electron chi connectivity index (χ4n) is 3.12. The Balaban J connectivity index is 1.89. The number of hydrogen-bond acceptors (Lipinski definition) is 4. The van der Waals surface area contributed by atoms with Gasteiger partial charge in [-0.3, -0.25) is 4.98 Å². The molecule has 0 bridgehead atoms. The Labute approximate surface area is 136 Å². The maximum atomic E-state index is 11.6. The summed E-state index contributed by atoms with van der Waals surface area (Å²) in [6, 6.07) is 10.5. The molecule has 0 N–H and O–H groups in total. The van der Waals surface area contributed by atoms with Gasteiger partial charge in [-0.15, -0.1) is 0 Å². The number of rotatable bonds is 3. The maximum absolute atomic E-state index is 11.6. The average molecular weight is 313 g/mol. The first-order chi connectivity index (χ1) is 11.2. The van der Waals surface area contributed by atoms with Crippen LogP contribution in [0.25, 0.3) is 10.9 Å². The van der Waals surface area contributed by atoms with Crippen LogP contribution in [-0.4, -0.2) is 49.3 Å². The number of fused-ring (bicyclic) bond motifs is 1. The number of nitrogens with zero attached hydrogens (tertiary/aromatic N) is 3. The van der Waals surface area contributed by atoms with Gasteiger partial charge < -0.3 is 14.5 Å². The minimum atomic E-state index is -0.240. The second-order valence-electron chi connectivity index (χ2n) is 5.84. The van der Waals surface area contributed by atoms with Crippen LogP contribution < -0.4 is 4.90 Å². The molecule has 5 heteroatoms. The quantitative estimate of drug-likeness (QED) is 0.873. The van der Waals surface area contributed by atoms with Gasteiger partial charge in [0.1, 0.15) is 0 Å². The molecule has 0 atom stereocenters. The van der Waals surface area contributed by atoms with Crippen molar-refractivity contribution in [2.24, 2.45) is 0 Å². The predicted molar refractivity (Wildman–Crippen MR) is 91.9 cm³/mol. The number of piperazine rings is 1. The number of ether oxygens (including phenoxy) is 1. The average Bonchev–Trinajstić information content (AvgIpc) is 2.61. The molecule has 0 radical (unpaired) electrons. The van der Waals surface area contributed by atoms with Crippen molar-refractivity contribution in [2.45, 2.75) is 19.8 Å². The molecule has 0 spiro atoms. The molecule has 3 rings (SSSR count). The smallest absolute Gasteiger partial charge is 0.409 e. The topological polar surface area (TPSA) is 45.7 Å². The molecule has 1 saturated heterocycles. The first kappa shape index (κ1) is 15.6. The highest BCUT2D eigenvalue weighted by molar-refractivity contribution is 5.92. The van der Waals surface area contributed by atoms with Gasteiger partial charge in [0.05, 0.1) is 12.6 Å². The third-order valence-corrected chi connectivity index (χ3v) is 4.31. The van der Waals surface area contributed by atoms with Gasteiger partial charge >= 0.3 is 6.09 Å². The lowest BCUT2D eigenvalue weighted by atomic mass is 10.1. The van der Waals surface area contributed by atoms with Gasteiger partial charge in [0.2, 0.25) is 0 Å². The molecular formula is C18H23N3O2. The number of amides is 1. The number of aryl methyl sites for hydroxylation is 1. The Kier molecular flexibility index (Phi) is 4.65. The molecule has 1 aliphatic rings. The molecule has 2 aromatic rings. The second-order valence-corrected chi connectivity index (χ2v) is 5.84. The summed E-state index contributed by atoms with van der Waals surface area (Å²) >= 11 is 0. The monoisotopic (exact) mass is 313 g/mol. The lowest BCUT2D eigenvalue weighted by Gasteiger charge is -2.36. The van der Waals surface area contributed by atoms with E-state index in [1.807, 2.05) is 6.07 Å². The molecular weight excluding hydrogens is 290 g/mol. The summed E-state index contributed by atoms with van der Waals surface area (Å²) in [7, 11) is 1.43. The number of methoxy groups -OCH3 is 1. The Bertz CT molecular complexity index is 694. The fraction of sp³-hybridized carbons (Fsp3) is 0.444. The lowest BCUT2D eigenvalue weighted by molar-refractivity contribution is 0.121. The van der Waals surface area contributed by atoms with Gasteiger partial charge in [-0.2, -0.15) is 0 Å². The van der Waals surface area contributed by atoms with E-state index in [4.69, 9.17) is 9.72 Å². The lowest BCUT2D eigenvalue weighted by Crippen LogP contribution is -2.48. The van der Waals surface area contributed by atoms with E-state index >= 15 is 0 Å².